The van der Waals surface area contributed by atoms with Crippen LogP contribution < -0.4 is 4.74 Å². The fourth-order valence-electron chi connectivity index (χ4n) is 2.70. The number of nitrogens with zero attached hydrogens (tertiary/aromatic N) is 2. The third-order valence-corrected chi connectivity index (χ3v) is 3.91. The molecule has 0 amide bonds. The Labute approximate surface area is 118 Å². The molecule has 0 bridgehead atoms. The summed E-state index contributed by atoms with van der Waals surface area (Å²) >= 11 is 0. The van der Waals surface area contributed by atoms with Crippen molar-refractivity contribution in [2.24, 2.45) is 11.1 Å². The number of rotatable bonds is 4. The van der Waals surface area contributed by atoms with Crippen LogP contribution in [0.25, 0.3) is 0 Å². The second-order valence-corrected chi connectivity index (χ2v) is 5.12. The SMILES string of the molecule is CCC1CN(Cc2cccc(OC)c2F)CC/C1=N\O. The molecule has 1 aromatic carbocycles. The summed E-state index contributed by atoms with van der Waals surface area (Å²) in [6.07, 6.45) is 1.66. The monoisotopic (exact) mass is 280 g/mol. The number of methoxy groups -OCH3 is 1. The number of benzene rings is 1. The Morgan fingerprint density at radius 1 is 1.50 bits per heavy atom. The van der Waals surface area contributed by atoms with Crippen molar-refractivity contribution in [2.45, 2.75) is 26.3 Å². The van der Waals surface area contributed by atoms with E-state index in [-0.39, 0.29) is 17.5 Å². The van der Waals surface area contributed by atoms with Gasteiger partial charge in [-0.15, -0.1) is 0 Å². The lowest BCUT2D eigenvalue weighted by Crippen LogP contribution is -2.40. The van der Waals surface area contributed by atoms with Crippen molar-refractivity contribution in [1.82, 2.24) is 4.90 Å². The second kappa shape index (κ2) is 6.70. The number of ether oxygens (including phenoxy) is 1. The Balaban J connectivity index is 2.08. The highest BCUT2D eigenvalue weighted by atomic mass is 19.1. The molecule has 0 spiro atoms. The summed E-state index contributed by atoms with van der Waals surface area (Å²) in [4.78, 5) is 2.20. The maximum absolute atomic E-state index is 14.1. The Hall–Kier alpha value is -1.62. The molecule has 1 unspecified atom stereocenters. The van der Waals surface area contributed by atoms with Crippen LogP contribution in [0.5, 0.6) is 5.75 Å². The van der Waals surface area contributed by atoms with Crippen LogP contribution >= 0.6 is 0 Å². The van der Waals surface area contributed by atoms with Crippen LogP contribution in [-0.2, 0) is 6.54 Å². The minimum absolute atomic E-state index is 0.252. The predicted molar refractivity (Wildman–Crippen MR) is 75.8 cm³/mol. The zero-order valence-corrected chi connectivity index (χ0v) is 12.0. The van der Waals surface area contributed by atoms with Crippen LogP contribution in [0.15, 0.2) is 23.4 Å². The third kappa shape index (κ3) is 3.10. The van der Waals surface area contributed by atoms with Crippen LogP contribution in [0.2, 0.25) is 0 Å². The summed E-state index contributed by atoms with van der Waals surface area (Å²) in [6, 6.07) is 5.22. The molecule has 4 nitrogen and oxygen atoms in total. The standard InChI is InChI=1S/C15H21FN2O2/c1-3-11-9-18(8-7-13(11)17-19)10-12-5-4-6-14(20-2)15(12)16/h4-6,11,19H,3,7-10H2,1-2H3/b17-13+. The Morgan fingerprint density at radius 2 is 2.30 bits per heavy atom. The normalized spacial score (nSPS) is 22.1. The molecule has 0 radical (unpaired) electrons. The van der Waals surface area contributed by atoms with Gasteiger partial charge in [0.05, 0.1) is 12.8 Å². The zero-order valence-electron chi connectivity index (χ0n) is 12.0. The van der Waals surface area contributed by atoms with E-state index in [0.29, 0.717) is 12.1 Å². The molecule has 20 heavy (non-hydrogen) atoms. The Bertz CT molecular complexity index is 491. The van der Waals surface area contributed by atoms with E-state index in [1.54, 1.807) is 18.2 Å². The van der Waals surface area contributed by atoms with E-state index in [0.717, 1.165) is 31.6 Å². The number of hydrogen-bond donors (Lipinski definition) is 1. The topological polar surface area (TPSA) is 45.1 Å². The average molecular weight is 280 g/mol. The molecule has 1 saturated heterocycles. The minimum Gasteiger partial charge on any atom is -0.494 e. The van der Waals surface area contributed by atoms with Gasteiger partial charge in [-0.05, 0) is 12.5 Å². The number of halogens is 1. The summed E-state index contributed by atoms with van der Waals surface area (Å²) < 4.78 is 19.1. The van der Waals surface area contributed by atoms with E-state index in [1.165, 1.54) is 7.11 Å². The first-order valence-corrected chi connectivity index (χ1v) is 6.94. The average Bonchev–Trinajstić information content (AvgIpc) is 2.49. The van der Waals surface area contributed by atoms with E-state index < -0.39 is 0 Å². The van der Waals surface area contributed by atoms with Gasteiger partial charge in [0.15, 0.2) is 11.6 Å². The lowest BCUT2D eigenvalue weighted by Gasteiger charge is -2.32. The first-order chi connectivity index (χ1) is 9.69. The molecule has 1 heterocycles. The number of likely N-dealkylation sites (tertiary alicyclic amines) is 1. The van der Waals surface area contributed by atoms with Gasteiger partial charge in [0.2, 0.25) is 0 Å². The fraction of sp³-hybridized carbons (Fsp3) is 0.533. The van der Waals surface area contributed by atoms with Gasteiger partial charge in [0.25, 0.3) is 0 Å². The van der Waals surface area contributed by atoms with Crippen molar-refractivity contribution < 1.29 is 14.3 Å². The Morgan fingerprint density at radius 3 is 2.95 bits per heavy atom. The third-order valence-electron chi connectivity index (χ3n) is 3.91. The van der Waals surface area contributed by atoms with E-state index in [4.69, 9.17) is 9.94 Å². The summed E-state index contributed by atoms with van der Waals surface area (Å²) in [6.45, 7) is 4.21. The van der Waals surface area contributed by atoms with Gasteiger partial charge in [0.1, 0.15) is 0 Å². The fourth-order valence-corrected chi connectivity index (χ4v) is 2.70. The molecular formula is C15H21FN2O2. The number of hydrogen-bond acceptors (Lipinski definition) is 4. The van der Waals surface area contributed by atoms with Gasteiger partial charge in [0, 0.05) is 37.5 Å². The van der Waals surface area contributed by atoms with Crippen molar-refractivity contribution in [1.29, 1.82) is 0 Å². The van der Waals surface area contributed by atoms with Gasteiger partial charge in [-0.2, -0.15) is 0 Å². The molecule has 1 atom stereocenters. The van der Waals surface area contributed by atoms with Crippen molar-refractivity contribution in [3.05, 3.63) is 29.6 Å². The molecule has 0 saturated carbocycles. The molecule has 1 aromatic rings. The van der Waals surface area contributed by atoms with E-state index in [9.17, 15) is 4.39 Å². The minimum atomic E-state index is -0.287. The molecule has 5 heteroatoms. The molecule has 1 fully saturated rings. The van der Waals surface area contributed by atoms with Gasteiger partial charge in [-0.3, -0.25) is 4.90 Å². The van der Waals surface area contributed by atoms with Crippen LogP contribution in [0.1, 0.15) is 25.3 Å². The molecular weight excluding hydrogens is 259 g/mol. The summed E-state index contributed by atoms with van der Waals surface area (Å²) in [5.41, 5.74) is 1.50. The van der Waals surface area contributed by atoms with Crippen molar-refractivity contribution >= 4 is 5.71 Å². The van der Waals surface area contributed by atoms with Gasteiger partial charge in [-0.25, -0.2) is 4.39 Å². The summed E-state index contributed by atoms with van der Waals surface area (Å²) in [7, 11) is 1.47. The van der Waals surface area contributed by atoms with Crippen molar-refractivity contribution in [3.63, 3.8) is 0 Å². The maximum Gasteiger partial charge on any atom is 0.169 e. The number of piperidine rings is 1. The zero-order chi connectivity index (χ0) is 14.5. The lowest BCUT2D eigenvalue weighted by atomic mass is 9.93. The Kier molecular flexibility index (Phi) is 4.95. The van der Waals surface area contributed by atoms with E-state index in [1.807, 2.05) is 0 Å². The predicted octanol–water partition coefficient (Wildman–Crippen LogP) is 2.90. The molecule has 110 valence electrons. The van der Waals surface area contributed by atoms with Crippen LogP contribution in [0.4, 0.5) is 4.39 Å². The van der Waals surface area contributed by atoms with Gasteiger partial charge < -0.3 is 9.94 Å². The first-order valence-electron chi connectivity index (χ1n) is 6.94. The maximum atomic E-state index is 14.1. The van der Waals surface area contributed by atoms with Crippen LogP contribution in [0, 0.1) is 11.7 Å². The quantitative estimate of drug-likeness (QED) is 0.681. The molecule has 1 N–H and O–H groups in total. The highest BCUT2D eigenvalue weighted by Gasteiger charge is 2.25. The molecule has 1 aliphatic heterocycles. The second-order valence-electron chi connectivity index (χ2n) is 5.12. The van der Waals surface area contributed by atoms with Crippen molar-refractivity contribution in [2.75, 3.05) is 20.2 Å². The lowest BCUT2D eigenvalue weighted by molar-refractivity contribution is 0.217. The summed E-state index contributed by atoms with van der Waals surface area (Å²) in [5.74, 6) is 0.247. The smallest absolute Gasteiger partial charge is 0.169 e. The van der Waals surface area contributed by atoms with Gasteiger partial charge >= 0.3 is 0 Å². The van der Waals surface area contributed by atoms with Crippen LogP contribution in [-0.4, -0.2) is 36.0 Å². The highest BCUT2D eigenvalue weighted by molar-refractivity contribution is 5.87. The highest BCUT2D eigenvalue weighted by Crippen LogP contribution is 2.24. The molecule has 2 rings (SSSR count). The van der Waals surface area contributed by atoms with Crippen LogP contribution in [0.3, 0.4) is 0 Å². The van der Waals surface area contributed by atoms with Gasteiger partial charge in [-0.1, -0.05) is 24.2 Å². The van der Waals surface area contributed by atoms with E-state index in [2.05, 4.69) is 17.0 Å². The van der Waals surface area contributed by atoms with Crippen molar-refractivity contribution in [3.8, 4) is 5.75 Å². The first kappa shape index (κ1) is 14.8. The summed E-state index contributed by atoms with van der Waals surface area (Å²) in [5, 5.41) is 12.4. The largest absolute Gasteiger partial charge is 0.494 e. The number of oxime groups is 1. The van der Waals surface area contributed by atoms with E-state index >= 15 is 0 Å². The molecule has 0 aliphatic carbocycles. The molecule has 1 aliphatic rings. The molecule has 0 aromatic heterocycles.